The van der Waals surface area contributed by atoms with E-state index in [-0.39, 0.29) is 40.2 Å². The van der Waals surface area contributed by atoms with Crippen molar-refractivity contribution in [2.75, 3.05) is 10.6 Å². The number of amides is 3. The summed E-state index contributed by atoms with van der Waals surface area (Å²) in [6.07, 6.45) is 1.70. The Morgan fingerprint density at radius 2 is 1.81 bits per heavy atom. The molecule has 10 heteroatoms. The highest BCUT2D eigenvalue weighted by Crippen LogP contribution is 2.35. The van der Waals surface area contributed by atoms with Crippen LogP contribution in [0, 0.1) is 19.7 Å². The van der Waals surface area contributed by atoms with E-state index in [0.717, 1.165) is 18.4 Å². The number of pyridine rings is 1. The second-order valence-electron chi connectivity index (χ2n) is 8.52. The number of rotatable bonds is 7. The molecule has 0 atom stereocenters. The molecule has 0 saturated heterocycles. The predicted octanol–water partition coefficient (Wildman–Crippen LogP) is 5.09. The van der Waals surface area contributed by atoms with Crippen LogP contribution in [0.2, 0.25) is 0 Å². The van der Waals surface area contributed by atoms with Crippen molar-refractivity contribution in [2.24, 2.45) is 12.8 Å². The molecule has 1 aliphatic carbocycles. The summed E-state index contributed by atoms with van der Waals surface area (Å²) in [6, 6.07) is 10.3. The number of aromatic nitrogens is 1. The molecule has 4 rings (SSSR count). The van der Waals surface area contributed by atoms with Gasteiger partial charge >= 0.3 is 6.03 Å². The Morgan fingerprint density at radius 1 is 1.11 bits per heavy atom. The van der Waals surface area contributed by atoms with Crippen LogP contribution in [-0.2, 0) is 7.05 Å². The van der Waals surface area contributed by atoms with Crippen molar-refractivity contribution in [1.82, 2.24) is 9.88 Å². The first-order valence-electron chi connectivity index (χ1n) is 12.1. The standard InChI is InChI=1S/C25H26FN5O4.C2H6/c1-13-7-10-19(18(26)11-13)30-22-20(23(32)28-15-8-9-15)21(14(2)24(33)31(22)3)35-17-6-4-5-16(12-17)29-25(27)34;1-2/h4-7,10-12,15,30H,8-9H2,1-3H3,(H,28,32)(H3,27,29,34);1-2H3. The summed E-state index contributed by atoms with van der Waals surface area (Å²) < 4.78 is 22.0. The SMILES string of the molecule is CC.Cc1ccc(Nc2c(C(=O)NC3CC3)c(Oc3cccc(NC(N)=O)c3)c(C)c(=O)n2C)c(F)c1. The van der Waals surface area contributed by atoms with E-state index in [9.17, 15) is 18.8 Å². The van der Waals surface area contributed by atoms with Gasteiger partial charge in [0.2, 0.25) is 0 Å². The van der Waals surface area contributed by atoms with Gasteiger partial charge in [-0.1, -0.05) is 26.0 Å². The summed E-state index contributed by atoms with van der Waals surface area (Å²) in [6.45, 7) is 7.31. The van der Waals surface area contributed by atoms with Gasteiger partial charge < -0.3 is 26.4 Å². The first-order chi connectivity index (χ1) is 17.6. The Kier molecular flexibility index (Phi) is 8.54. The first-order valence-corrected chi connectivity index (χ1v) is 12.1. The van der Waals surface area contributed by atoms with Crippen LogP contribution < -0.4 is 32.0 Å². The summed E-state index contributed by atoms with van der Waals surface area (Å²) in [5.41, 5.74) is 6.22. The van der Waals surface area contributed by atoms with Crippen LogP contribution in [0.5, 0.6) is 11.5 Å². The third-order valence-electron chi connectivity index (χ3n) is 5.60. The van der Waals surface area contributed by atoms with E-state index in [2.05, 4.69) is 16.0 Å². The van der Waals surface area contributed by atoms with E-state index in [1.165, 1.54) is 29.8 Å². The molecule has 1 saturated carbocycles. The topological polar surface area (TPSA) is 127 Å². The average Bonchev–Trinajstić information content (AvgIpc) is 3.67. The molecule has 5 N–H and O–H groups in total. The Morgan fingerprint density at radius 3 is 2.43 bits per heavy atom. The summed E-state index contributed by atoms with van der Waals surface area (Å²) in [7, 11) is 1.50. The third-order valence-corrected chi connectivity index (χ3v) is 5.60. The van der Waals surface area contributed by atoms with E-state index in [1.54, 1.807) is 38.1 Å². The number of aryl methyl sites for hydroxylation is 1. The van der Waals surface area contributed by atoms with Gasteiger partial charge in [-0.3, -0.25) is 14.2 Å². The van der Waals surface area contributed by atoms with Gasteiger partial charge in [0.1, 0.15) is 22.9 Å². The van der Waals surface area contributed by atoms with Gasteiger partial charge in [-0.2, -0.15) is 0 Å². The highest BCUT2D eigenvalue weighted by molar-refractivity contribution is 6.03. The van der Waals surface area contributed by atoms with E-state index >= 15 is 0 Å². The number of carbonyl (C=O) groups is 2. The van der Waals surface area contributed by atoms with Crippen molar-refractivity contribution in [1.29, 1.82) is 0 Å². The maximum absolute atomic E-state index is 14.7. The largest absolute Gasteiger partial charge is 0.456 e. The highest BCUT2D eigenvalue weighted by atomic mass is 19.1. The van der Waals surface area contributed by atoms with Gasteiger partial charge in [-0.25, -0.2) is 9.18 Å². The number of anilines is 3. The Balaban J connectivity index is 0.00000186. The number of nitrogens with zero attached hydrogens (tertiary/aromatic N) is 1. The molecule has 3 amide bonds. The molecule has 1 fully saturated rings. The highest BCUT2D eigenvalue weighted by Gasteiger charge is 2.30. The van der Waals surface area contributed by atoms with Crippen LogP contribution in [0.4, 0.5) is 26.4 Å². The molecule has 0 radical (unpaired) electrons. The molecule has 1 heterocycles. The molecule has 37 heavy (non-hydrogen) atoms. The van der Waals surface area contributed by atoms with Gasteiger partial charge in [0.25, 0.3) is 11.5 Å². The normalized spacial score (nSPS) is 12.2. The van der Waals surface area contributed by atoms with Crippen molar-refractivity contribution < 1.29 is 18.7 Å². The van der Waals surface area contributed by atoms with Crippen LogP contribution in [0.25, 0.3) is 0 Å². The molecular formula is C27H32FN5O4. The molecule has 2 aromatic carbocycles. The van der Waals surface area contributed by atoms with Gasteiger partial charge in [0, 0.05) is 24.8 Å². The smallest absolute Gasteiger partial charge is 0.316 e. The summed E-state index contributed by atoms with van der Waals surface area (Å²) in [5, 5.41) is 8.28. The minimum Gasteiger partial charge on any atom is -0.456 e. The van der Waals surface area contributed by atoms with Crippen LogP contribution >= 0.6 is 0 Å². The van der Waals surface area contributed by atoms with Gasteiger partial charge in [0.05, 0.1) is 11.3 Å². The molecule has 0 bridgehead atoms. The van der Waals surface area contributed by atoms with Crippen molar-refractivity contribution in [3.63, 3.8) is 0 Å². The molecule has 196 valence electrons. The molecular weight excluding hydrogens is 477 g/mol. The van der Waals surface area contributed by atoms with E-state index < -0.39 is 23.3 Å². The lowest BCUT2D eigenvalue weighted by atomic mass is 10.1. The quantitative estimate of drug-likeness (QED) is 0.353. The summed E-state index contributed by atoms with van der Waals surface area (Å²) in [4.78, 5) is 37.7. The number of hydrogen-bond donors (Lipinski definition) is 4. The Labute approximate surface area is 214 Å². The Hall–Kier alpha value is -4.34. The fraction of sp³-hybridized carbons (Fsp3) is 0.296. The average molecular weight is 510 g/mol. The minimum atomic E-state index is -0.747. The maximum atomic E-state index is 14.7. The van der Waals surface area contributed by atoms with Crippen LogP contribution in [0.3, 0.4) is 0 Å². The molecule has 0 aliphatic heterocycles. The van der Waals surface area contributed by atoms with E-state index in [1.807, 2.05) is 13.8 Å². The number of halogens is 1. The number of ether oxygens (including phenoxy) is 1. The second kappa shape index (κ2) is 11.6. The van der Waals surface area contributed by atoms with Gasteiger partial charge in [-0.05, 0) is 56.5 Å². The molecule has 9 nitrogen and oxygen atoms in total. The molecule has 3 aromatic rings. The number of nitrogens with one attached hydrogen (secondary N) is 3. The fourth-order valence-corrected chi connectivity index (χ4v) is 3.63. The molecule has 0 spiro atoms. The van der Waals surface area contributed by atoms with Crippen LogP contribution in [-0.4, -0.2) is 22.5 Å². The zero-order valence-electron chi connectivity index (χ0n) is 21.6. The Bertz CT molecular complexity index is 1380. The minimum absolute atomic E-state index is 0.0255. The van der Waals surface area contributed by atoms with Crippen LogP contribution in [0.15, 0.2) is 47.3 Å². The van der Waals surface area contributed by atoms with Crippen LogP contribution in [0.1, 0.15) is 48.2 Å². The van der Waals surface area contributed by atoms with Gasteiger partial charge in [0.15, 0.2) is 5.75 Å². The van der Waals surface area contributed by atoms with Crippen molar-refractivity contribution in [3.8, 4) is 11.5 Å². The number of benzene rings is 2. The zero-order valence-corrected chi connectivity index (χ0v) is 21.6. The maximum Gasteiger partial charge on any atom is 0.316 e. The fourth-order valence-electron chi connectivity index (χ4n) is 3.63. The van der Waals surface area contributed by atoms with Crippen molar-refractivity contribution in [2.45, 2.75) is 46.6 Å². The molecule has 0 unspecified atom stereocenters. The lowest BCUT2D eigenvalue weighted by molar-refractivity contribution is 0.0948. The third kappa shape index (κ3) is 6.46. The number of carbonyl (C=O) groups excluding carboxylic acids is 2. The van der Waals surface area contributed by atoms with Crippen molar-refractivity contribution >= 4 is 29.1 Å². The van der Waals surface area contributed by atoms with Gasteiger partial charge in [-0.15, -0.1) is 0 Å². The summed E-state index contributed by atoms with van der Waals surface area (Å²) in [5.74, 6) is -0.608. The zero-order chi connectivity index (χ0) is 27.3. The number of hydrogen-bond acceptors (Lipinski definition) is 5. The first kappa shape index (κ1) is 27.3. The van der Waals surface area contributed by atoms with E-state index in [4.69, 9.17) is 10.5 Å². The number of urea groups is 1. The van der Waals surface area contributed by atoms with Crippen molar-refractivity contribution in [3.05, 3.63) is 75.3 Å². The lowest BCUT2D eigenvalue weighted by Crippen LogP contribution is -2.31. The second-order valence-corrected chi connectivity index (χ2v) is 8.52. The molecule has 1 aromatic heterocycles. The monoisotopic (exact) mass is 509 g/mol. The molecule has 1 aliphatic rings. The lowest BCUT2D eigenvalue weighted by Gasteiger charge is -2.21. The van der Waals surface area contributed by atoms with E-state index in [0.29, 0.717) is 5.69 Å². The number of primary amides is 1. The summed E-state index contributed by atoms with van der Waals surface area (Å²) >= 11 is 0. The number of nitrogens with two attached hydrogens (primary N) is 1. The predicted molar refractivity (Wildman–Crippen MR) is 142 cm³/mol.